The van der Waals surface area contributed by atoms with Crippen LogP contribution in [0.1, 0.15) is 55.7 Å². The molecule has 1 N–H and O–H groups in total. The third-order valence-electron chi connectivity index (χ3n) is 6.05. The van der Waals surface area contributed by atoms with E-state index in [-0.39, 0.29) is 11.8 Å². The lowest BCUT2D eigenvalue weighted by Crippen LogP contribution is -2.42. The van der Waals surface area contributed by atoms with E-state index in [1.165, 1.54) is 0 Å². The first kappa shape index (κ1) is 16.9. The number of hydrogen-bond donors (Lipinski definition) is 1. The molecule has 6 heteroatoms. The summed E-state index contributed by atoms with van der Waals surface area (Å²) in [6.07, 6.45) is 5.90. The Balaban J connectivity index is 1.44. The van der Waals surface area contributed by atoms with E-state index in [1.54, 1.807) is 4.90 Å². The molecular weight excluding hydrogens is 320 g/mol. The average molecular weight is 346 g/mol. The molecule has 1 unspecified atom stereocenters. The number of nitrogens with zero attached hydrogens (tertiary/aromatic N) is 2. The minimum atomic E-state index is -0.915. The summed E-state index contributed by atoms with van der Waals surface area (Å²) in [6, 6.07) is 3.95. The van der Waals surface area contributed by atoms with Gasteiger partial charge in [-0.05, 0) is 36.8 Å². The van der Waals surface area contributed by atoms with E-state index >= 15 is 0 Å². The van der Waals surface area contributed by atoms with E-state index in [1.807, 2.05) is 25.4 Å². The van der Waals surface area contributed by atoms with Gasteiger partial charge >= 0.3 is 0 Å². The number of carbonyl (C=O) groups is 1. The molecule has 1 aliphatic carbocycles. The Morgan fingerprint density at radius 2 is 1.92 bits per heavy atom. The summed E-state index contributed by atoms with van der Waals surface area (Å²) in [5.41, 5.74) is 0.883. The summed E-state index contributed by atoms with van der Waals surface area (Å²) in [6.45, 7) is 2.07. The SMILES string of the molecule is CN1CCC(c2ccc(C3(O)CCC4(CC3)OCCO4)nc2)CC1=O. The third kappa shape index (κ3) is 3.18. The van der Waals surface area contributed by atoms with Crippen LogP contribution in [0, 0.1) is 0 Å². The third-order valence-corrected chi connectivity index (χ3v) is 6.05. The molecule has 2 aliphatic heterocycles. The summed E-state index contributed by atoms with van der Waals surface area (Å²) in [5.74, 6) is -0.0661. The molecule has 4 rings (SSSR count). The maximum absolute atomic E-state index is 11.9. The van der Waals surface area contributed by atoms with Gasteiger partial charge < -0.3 is 19.5 Å². The maximum atomic E-state index is 11.9. The van der Waals surface area contributed by atoms with Gasteiger partial charge in [-0.2, -0.15) is 0 Å². The maximum Gasteiger partial charge on any atom is 0.222 e. The van der Waals surface area contributed by atoms with Crippen LogP contribution >= 0.6 is 0 Å². The Bertz CT molecular complexity index is 629. The van der Waals surface area contributed by atoms with Crippen LogP contribution in [0.15, 0.2) is 18.3 Å². The van der Waals surface area contributed by atoms with Crippen LogP contribution in [0.5, 0.6) is 0 Å². The molecule has 136 valence electrons. The van der Waals surface area contributed by atoms with Crippen molar-refractivity contribution < 1.29 is 19.4 Å². The van der Waals surface area contributed by atoms with Crippen LogP contribution < -0.4 is 0 Å². The Morgan fingerprint density at radius 3 is 2.52 bits per heavy atom. The quantitative estimate of drug-likeness (QED) is 0.886. The zero-order valence-corrected chi connectivity index (χ0v) is 14.7. The fourth-order valence-electron chi connectivity index (χ4n) is 4.24. The number of piperidine rings is 1. The highest BCUT2D eigenvalue weighted by Crippen LogP contribution is 2.44. The number of amides is 1. The predicted octanol–water partition coefficient (Wildman–Crippen LogP) is 1.92. The van der Waals surface area contributed by atoms with Crippen molar-refractivity contribution in [2.24, 2.45) is 0 Å². The van der Waals surface area contributed by atoms with Crippen molar-refractivity contribution in [2.45, 2.75) is 55.8 Å². The van der Waals surface area contributed by atoms with Crippen LogP contribution in [-0.4, -0.2) is 53.5 Å². The summed E-state index contributed by atoms with van der Waals surface area (Å²) < 4.78 is 11.5. The smallest absolute Gasteiger partial charge is 0.222 e. The highest BCUT2D eigenvalue weighted by Gasteiger charge is 2.46. The first-order valence-electron chi connectivity index (χ1n) is 9.20. The number of rotatable bonds is 2. The zero-order chi connectivity index (χ0) is 17.5. The van der Waals surface area contributed by atoms with Crippen molar-refractivity contribution >= 4 is 5.91 Å². The van der Waals surface area contributed by atoms with Gasteiger partial charge in [-0.15, -0.1) is 0 Å². The second kappa shape index (κ2) is 6.34. The largest absolute Gasteiger partial charge is 0.384 e. The lowest BCUT2D eigenvalue weighted by molar-refractivity contribution is -0.204. The molecule has 1 amide bonds. The molecule has 1 aromatic heterocycles. The van der Waals surface area contributed by atoms with E-state index < -0.39 is 11.4 Å². The van der Waals surface area contributed by atoms with Crippen molar-refractivity contribution in [3.05, 3.63) is 29.6 Å². The fraction of sp³-hybridized carbons (Fsp3) is 0.684. The molecule has 1 atom stereocenters. The van der Waals surface area contributed by atoms with Crippen molar-refractivity contribution in [2.75, 3.05) is 26.8 Å². The van der Waals surface area contributed by atoms with Gasteiger partial charge in [0.2, 0.25) is 5.91 Å². The van der Waals surface area contributed by atoms with E-state index in [2.05, 4.69) is 4.98 Å². The van der Waals surface area contributed by atoms with Gasteiger partial charge in [-0.1, -0.05) is 6.07 Å². The predicted molar refractivity (Wildman–Crippen MR) is 90.8 cm³/mol. The Kier molecular flexibility index (Phi) is 4.30. The summed E-state index contributed by atoms with van der Waals surface area (Å²) >= 11 is 0. The van der Waals surface area contributed by atoms with E-state index in [0.29, 0.717) is 51.0 Å². The molecule has 1 aromatic rings. The average Bonchev–Trinajstić information content (AvgIpc) is 3.09. The monoisotopic (exact) mass is 346 g/mol. The molecule has 6 nitrogen and oxygen atoms in total. The first-order valence-corrected chi connectivity index (χ1v) is 9.20. The second-order valence-corrected chi connectivity index (χ2v) is 7.62. The molecule has 1 spiro atoms. The Morgan fingerprint density at radius 1 is 1.20 bits per heavy atom. The van der Waals surface area contributed by atoms with Crippen molar-refractivity contribution in [3.8, 4) is 0 Å². The minimum Gasteiger partial charge on any atom is -0.384 e. The Labute approximate surface area is 148 Å². The topological polar surface area (TPSA) is 71.9 Å². The lowest BCUT2D eigenvalue weighted by Gasteiger charge is -2.40. The molecule has 3 aliphatic rings. The zero-order valence-electron chi connectivity index (χ0n) is 14.7. The van der Waals surface area contributed by atoms with Crippen LogP contribution in [-0.2, 0) is 19.9 Å². The van der Waals surface area contributed by atoms with Gasteiger partial charge in [0.15, 0.2) is 5.79 Å². The summed E-state index contributed by atoms with van der Waals surface area (Å²) in [4.78, 5) is 18.2. The van der Waals surface area contributed by atoms with Crippen molar-refractivity contribution in [1.82, 2.24) is 9.88 Å². The van der Waals surface area contributed by atoms with Gasteiger partial charge in [0.1, 0.15) is 5.60 Å². The van der Waals surface area contributed by atoms with Crippen LogP contribution in [0.4, 0.5) is 0 Å². The van der Waals surface area contributed by atoms with Crippen molar-refractivity contribution in [1.29, 1.82) is 0 Å². The van der Waals surface area contributed by atoms with Crippen LogP contribution in [0.3, 0.4) is 0 Å². The van der Waals surface area contributed by atoms with E-state index in [4.69, 9.17) is 9.47 Å². The lowest BCUT2D eigenvalue weighted by atomic mass is 9.79. The van der Waals surface area contributed by atoms with E-state index in [9.17, 15) is 9.90 Å². The second-order valence-electron chi connectivity index (χ2n) is 7.62. The minimum absolute atomic E-state index is 0.188. The Hall–Kier alpha value is -1.50. The number of likely N-dealkylation sites (tertiary alicyclic amines) is 1. The molecule has 2 saturated heterocycles. The van der Waals surface area contributed by atoms with Crippen LogP contribution in [0.25, 0.3) is 0 Å². The number of carbonyl (C=O) groups excluding carboxylic acids is 1. The van der Waals surface area contributed by atoms with Crippen molar-refractivity contribution in [3.63, 3.8) is 0 Å². The molecule has 25 heavy (non-hydrogen) atoms. The van der Waals surface area contributed by atoms with Gasteiger partial charge in [-0.3, -0.25) is 9.78 Å². The molecule has 3 heterocycles. The number of pyridine rings is 1. The first-order chi connectivity index (χ1) is 12.0. The molecule has 0 bridgehead atoms. The number of aliphatic hydroxyl groups is 1. The van der Waals surface area contributed by atoms with E-state index in [0.717, 1.165) is 18.5 Å². The highest BCUT2D eigenvalue weighted by atomic mass is 16.7. The number of hydrogen-bond acceptors (Lipinski definition) is 5. The highest BCUT2D eigenvalue weighted by molar-refractivity contribution is 5.77. The van der Waals surface area contributed by atoms with Crippen LogP contribution in [0.2, 0.25) is 0 Å². The molecular formula is C19H26N2O4. The summed E-state index contributed by atoms with van der Waals surface area (Å²) in [5, 5.41) is 11.0. The molecule has 0 radical (unpaired) electrons. The number of ether oxygens (including phenoxy) is 2. The van der Waals surface area contributed by atoms with Gasteiger partial charge in [0.05, 0.1) is 18.9 Å². The van der Waals surface area contributed by atoms with Gasteiger partial charge in [0, 0.05) is 39.1 Å². The van der Waals surface area contributed by atoms with Gasteiger partial charge in [0.25, 0.3) is 0 Å². The standard InChI is InChI=1S/C19H26N2O4/c1-21-9-4-14(12-17(21)22)15-2-3-16(20-13-15)18(23)5-7-19(8-6-18)24-10-11-25-19/h2-3,13-14,23H,4-12H2,1H3. The molecule has 3 fully saturated rings. The number of aromatic nitrogens is 1. The normalized spacial score (nSPS) is 28.5. The summed E-state index contributed by atoms with van der Waals surface area (Å²) in [7, 11) is 1.85. The van der Waals surface area contributed by atoms with Gasteiger partial charge in [-0.25, -0.2) is 0 Å². The fourth-order valence-corrected chi connectivity index (χ4v) is 4.24. The molecule has 1 saturated carbocycles. The molecule has 0 aromatic carbocycles.